The summed E-state index contributed by atoms with van der Waals surface area (Å²) in [6.45, 7) is 3.42. The topological polar surface area (TPSA) is 12.0 Å². The van der Waals surface area contributed by atoms with Crippen LogP contribution in [0.15, 0.2) is 0 Å². The lowest BCUT2D eigenvalue weighted by Crippen LogP contribution is -2.38. The van der Waals surface area contributed by atoms with Crippen LogP contribution in [0.3, 0.4) is 0 Å². The molecule has 1 N–H and O–H groups in total. The van der Waals surface area contributed by atoms with Crippen LogP contribution in [0, 0.1) is 12.3 Å². The molecular weight excluding hydrogens is 134 g/mol. The monoisotopic (exact) mass is 151 g/mol. The summed E-state index contributed by atoms with van der Waals surface area (Å²) in [6, 6.07) is 0. The molecule has 1 saturated heterocycles. The van der Waals surface area contributed by atoms with Gasteiger partial charge in [-0.1, -0.05) is 6.92 Å². The van der Waals surface area contributed by atoms with Gasteiger partial charge in [-0.15, -0.1) is 12.3 Å². The Bertz CT molecular complexity index is 149. The van der Waals surface area contributed by atoms with Crippen LogP contribution in [-0.4, -0.2) is 12.1 Å². The molecule has 0 radical (unpaired) electrons. The van der Waals surface area contributed by atoms with E-state index in [1.807, 2.05) is 0 Å². The predicted octanol–water partition coefficient (Wildman–Crippen LogP) is 1.93. The van der Waals surface area contributed by atoms with Crippen LogP contribution in [0.5, 0.6) is 0 Å². The summed E-state index contributed by atoms with van der Waals surface area (Å²) >= 11 is 0. The maximum Gasteiger partial charge on any atom is 0.0188 e. The second kappa shape index (κ2) is 3.78. The fraction of sp³-hybridized carbons (Fsp3) is 0.800. The Morgan fingerprint density at radius 2 is 2.45 bits per heavy atom. The van der Waals surface area contributed by atoms with Gasteiger partial charge in [0.05, 0.1) is 0 Å². The number of nitrogens with one attached hydrogen (secondary N) is 1. The number of rotatable bonds is 3. The highest BCUT2D eigenvalue weighted by atomic mass is 15.0. The molecule has 11 heavy (non-hydrogen) atoms. The molecule has 0 amide bonds. The molecule has 1 nitrogen and oxygen atoms in total. The van der Waals surface area contributed by atoms with Gasteiger partial charge in [0.15, 0.2) is 0 Å². The van der Waals surface area contributed by atoms with Crippen LogP contribution in [0.4, 0.5) is 0 Å². The van der Waals surface area contributed by atoms with Crippen molar-refractivity contribution in [3.63, 3.8) is 0 Å². The van der Waals surface area contributed by atoms with Gasteiger partial charge in [0.2, 0.25) is 0 Å². The molecule has 1 heteroatoms. The molecule has 0 aliphatic carbocycles. The zero-order chi connectivity index (χ0) is 8.16. The summed E-state index contributed by atoms with van der Waals surface area (Å²) in [5.41, 5.74) is 0.395. The Morgan fingerprint density at radius 1 is 1.64 bits per heavy atom. The maximum atomic E-state index is 5.24. The lowest BCUT2D eigenvalue weighted by atomic mass is 9.89. The van der Waals surface area contributed by atoms with Crippen molar-refractivity contribution in [1.29, 1.82) is 0 Å². The van der Waals surface area contributed by atoms with Gasteiger partial charge in [0, 0.05) is 12.0 Å². The third-order valence-corrected chi connectivity index (χ3v) is 2.76. The minimum Gasteiger partial charge on any atom is -0.311 e. The molecule has 0 aromatic rings. The van der Waals surface area contributed by atoms with E-state index in [1.165, 1.54) is 25.8 Å². The first kappa shape index (κ1) is 8.62. The van der Waals surface area contributed by atoms with Crippen molar-refractivity contribution in [2.45, 2.75) is 44.6 Å². The average molecular weight is 151 g/mol. The smallest absolute Gasteiger partial charge is 0.0188 e. The van der Waals surface area contributed by atoms with Gasteiger partial charge in [-0.05, 0) is 32.2 Å². The lowest BCUT2D eigenvalue weighted by Gasteiger charge is -2.27. The number of terminal acetylenes is 1. The summed E-state index contributed by atoms with van der Waals surface area (Å²) in [6.07, 6.45) is 11.2. The molecule has 0 bridgehead atoms. The van der Waals surface area contributed by atoms with E-state index < -0.39 is 0 Å². The summed E-state index contributed by atoms with van der Waals surface area (Å²) < 4.78 is 0. The standard InChI is InChI=1S/C10H17N/c1-3-5-7-10(4-2)8-6-9-11-10/h1,11H,4-9H2,2H3. The van der Waals surface area contributed by atoms with Crippen molar-refractivity contribution in [3.05, 3.63) is 0 Å². The van der Waals surface area contributed by atoms with Crippen molar-refractivity contribution in [2.75, 3.05) is 6.54 Å². The minimum atomic E-state index is 0.395. The van der Waals surface area contributed by atoms with Gasteiger partial charge in [0.25, 0.3) is 0 Å². The van der Waals surface area contributed by atoms with Gasteiger partial charge in [-0.3, -0.25) is 0 Å². The van der Waals surface area contributed by atoms with E-state index in [4.69, 9.17) is 6.42 Å². The highest BCUT2D eigenvalue weighted by molar-refractivity contribution is 4.96. The first-order valence-corrected chi connectivity index (χ1v) is 4.51. The Hall–Kier alpha value is -0.480. The van der Waals surface area contributed by atoms with Crippen LogP contribution in [-0.2, 0) is 0 Å². The first-order chi connectivity index (χ1) is 5.33. The van der Waals surface area contributed by atoms with E-state index in [2.05, 4.69) is 18.2 Å². The Balaban J connectivity index is 2.40. The number of hydrogen-bond donors (Lipinski definition) is 1. The molecule has 1 fully saturated rings. The normalized spacial score (nSPS) is 30.2. The molecule has 62 valence electrons. The van der Waals surface area contributed by atoms with Crippen molar-refractivity contribution in [1.82, 2.24) is 5.32 Å². The van der Waals surface area contributed by atoms with E-state index >= 15 is 0 Å². The predicted molar refractivity (Wildman–Crippen MR) is 48.3 cm³/mol. The molecule has 1 unspecified atom stereocenters. The molecule has 1 aliphatic rings. The second-order valence-corrected chi connectivity index (χ2v) is 3.37. The van der Waals surface area contributed by atoms with Crippen LogP contribution >= 0.6 is 0 Å². The van der Waals surface area contributed by atoms with E-state index in [0.717, 1.165) is 12.8 Å². The maximum absolute atomic E-state index is 5.24. The molecular formula is C10H17N. The Kier molecular flexibility index (Phi) is 2.96. The fourth-order valence-corrected chi connectivity index (χ4v) is 1.87. The van der Waals surface area contributed by atoms with Crippen LogP contribution in [0.25, 0.3) is 0 Å². The summed E-state index contributed by atoms with van der Waals surface area (Å²) in [7, 11) is 0. The van der Waals surface area contributed by atoms with Crippen LogP contribution in [0.1, 0.15) is 39.0 Å². The van der Waals surface area contributed by atoms with Crippen LogP contribution in [0.2, 0.25) is 0 Å². The van der Waals surface area contributed by atoms with Gasteiger partial charge in [-0.2, -0.15) is 0 Å². The van der Waals surface area contributed by atoms with Gasteiger partial charge in [0.1, 0.15) is 0 Å². The molecule has 0 aromatic heterocycles. The molecule has 0 aromatic carbocycles. The van der Waals surface area contributed by atoms with Crippen molar-refractivity contribution >= 4 is 0 Å². The van der Waals surface area contributed by atoms with Gasteiger partial charge in [-0.25, -0.2) is 0 Å². The highest BCUT2D eigenvalue weighted by Crippen LogP contribution is 2.27. The summed E-state index contributed by atoms with van der Waals surface area (Å²) in [4.78, 5) is 0. The summed E-state index contributed by atoms with van der Waals surface area (Å²) in [5.74, 6) is 2.71. The lowest BCUT2D eigenvalue weighted by molar-refractivity contribution is 0.340. The SMILES string of the molecule is C#CCCC1(CC)CCCN1. The quantitative estimate of drug-likeness (QED) is 0.608. The summed E-state index contributed by atoms with van der Waals surface area (Å²) in [5, 5.41) is 3.56. The van der Waals surface area contributed by atoms with E-state index in [9.17, 15) is 0 Å². The third kappa shape index (κ3) is 1.97. The Morgan fingerprint density at radius 3 is 2.91 bits per heavy atom. The van der Waals surface area contributed by atoms with Gasteiger partial charge < -0.3 is 5.32 Å². The van der Waals surface area contributed by atoms with Crippen molar-refractivity contribution in [2.24, 2.45) is 0 Å². The first-order valence-electron chi connectivity index (χ1n) is 4.51. The fourth-order valence-electron chi connectivity index (χ4n) is 1.87. The van der Waals surface area contributed by atoms with E-state index in [1.54, 1.807) is 0 Å². The van der Waals surface area contributed by atoms with Crippen molar-refractivity contribution < 1.29 is 0 Å². The third-order valence-electron chi connectivity index (χ3n) is 2.76. The highest BCUT2D eigenvalue weighted by Gasteiger charge is 2.30. The molecule has 0 spiro atoms. The zero-order valence-electron chi connectivity index (χ0n) is 7.32. The molecule has 1 aliphatic heterocycles. The molecule has 1 rings (SSSR count). The number of hydrogen-bond acceptors (Lipinski definition) is 1. The van der Waals surface area contributed by atoms with Crippen molar-refractivity contribution in [3.8, 4) is 12.3 Å². The van der Waals surface area contributed by atoms with Crippen LogP contribution < -0.4 is 5.32 Å². The Labute approximate surface area is 69.6 Å². The molecule has 1 atom stereocenters. The second-order valence-electron chi connectivity index (χ2n) is 3.37. The van der Waals surface area contributed by atoms with Gasteiger partial charge >= 0.3 is 0 Å². The zero-order valence-corrected chi connectivity index (χ0v) is 7.32. The molecule has 1 heterocycles. The molecule has 0 saturated carbocycles. The largest absolute Gasteiger partial charge is 0.311 e. The average Bonchev–Trinajstić information content (AvgIpc) is 2.50. The van der Waals surface area contributed by atoms with E-state index in [-0.39, 0.29) is 0 Å². The minimum absolute atomic E-state index is 0.395. The van der Waals surface area contributed by atoms with E-state index in [0.29, 0.717) is 5.54 Å².